The Bertz CT molecular complexity index is 1280. The Balaban J connectivity index is 2.03. The summed E-state index contributed by atoms with van der Waals surface area (Å²) in [5, 5.41) is 2.02. The van der Waals surface area contributed by atoms with Crippen molar-refractivity contribution in [2.45, 2.75) is 24.9 Å². The lowest BCUT2D eigenvalue weighted by Gasteiger charge is -2.25. The molecule has 0 radical (unpaired) electrons. The molecule has 0 aliphatic heterocycles. The third kappa shape index (κ3) is 5.66. The minimum Gasteiger partial charge on any atom is -0.325 e. The average Bonchev–Trinajstić information content (AvgIpc) is 2.75. The van der Waals surface area contributed by atoms with E-state index in [4.69, 9.17) is 11.6 Å². The van der Waals surface area contributed by atoms with Gasteiger partial charge < -0.3 is 5.32 Å². The third-order valence-electron chi connectivity index (χ3n) is 4.95. The number of aryl methyl sites for hydroxylation is 2. The first-order valence-electron chi connectivity index (χ1n) is 9.71. The van der Waals surface area contributed by atoms with Crippen LogP contribution in [0.1, 0.15) is 16.7 Å². The fourth-order valence-corrected chi connectivity index (χ4v) is 4.73. The number of nitrogens with zero attached hydrogens (tertiary/aromatic N) is 1. The number of benzene rings is 3. The predicted octanol–water partition coefficient (Wildman–Crippen LogP) is 5.81. The van der Waals surface area contributed by atoms with Crippen LogP contribution >= 0.6 is 11.6 Å². The quantitative estimate of drug-likeness (QED) is 0.468. The molecule has 0 heterocycles. The van der Waals surface area contributed by atoms with Gasteiger partial charge >= 0.3 is 6.18 Å². The molecule has 174 valence electrons. The van der Waals surface area contributed by atoms with E-state index in [1.54, 1.807) is 24.3 Å². The van der Waals surface area contributed by atoms with Crippen molar-refractivity contribution in [3.63, 3.8) is 0 Å². The lowest BCUT2D eigenvalue weighted by atomic mass is 10.1. The molecule has 5 nitrogen and oxygen atoms in total. The van der Waals surface area contributed by atoms with Gasteiger partial charge in [0.2, 0.25) is 5.91 Å². The summed E-state index contributed by atoms with van der Waals surface area (Å²) in [7, 11) is -4.37. The minimum absolute atomic E-state index is 0.174. The van der Waals surface area contributed by atoms with E-state index in [1.807, 2.05) is 13.8 Å². The second-order valence-corrected chi connectivity index (χ2v) is 9.60. The van der Waals surface area contributed by atoms with Crippen molar-refractivity contribution in [1.82, 2.24) is 0 Å². The van der Waals surface area contributed by atoms with E-state index in [0.717, 1.165) is 23.3 Å². The molecular formula is C23H20ClF3N2O3S. The predicted molar refractivity (Wildman–Crippen MR) is 122 cm³/mol. The first-order valence-corrected chi connectivity index (χ1v) is 11.5. The zero-order chi connectivity index (χ0) is 24.4. The van der Waals surface area contributed by atoms with Crippen LogP contribution in [0, 0.1) is 13.8 Å². The van der Waals surface area contributed by atoms with E-state index in [2.05, 4.69) is 5.32 Å². The van der Waals surface area contributed by atoms with Crippen LogP contribution in [0.25, 0.3) is 0 Å². The second kappa shape index (κ2) is 9.44. The standard InChI is InChI=1S/C23H20ClF3N2O3S/c1-15-8-9-17(12-16(15)2)28-22(30)14-29(33(31,32)19-6-4-3-5-7-19)18-10-11-21(24)20(13-18)23(25,26)27/h3-13H,14H2,1-2H3,(H,28,30). The molecule has 1 amide bonds. The molecule has 3 aromatic rings. The highest BCUT2D eigenvalue weighted by atomic mass is 35.5. The summed E-state index contributed by atoms with van der Waals surface area (Å²) >= 11 is 5.69. The van der Waals surface area contributed by atoms with E-state index in [-0.39, 0.29) is 10.6 Å². The summed E-state index contributed by atoms with van der Waals surface area (Å²) < 4.78 is 67.4. The van der Waals surface area contributed by atoms with Crippen LogP contribution in [0.5, 0.6) is 0 Å². The molecular weight excluding hydrogens is 477 g/mol. The number of halogens is 4. The summed E-state index contributed by atoms with van der Waals surface area (Å²) in [6, 6.07) is 15.0. The topological polar surface area (TPSA) is 66.5 Å². The highest BCUT2D eigenvalue weighted by Crippen LogP contribution is 2.38. The Labute approximate surface area is 194 Å². The van der Waals surface area contributed by atoms with E-state index in [0.29, 0.717) is 16.1 Å². The Morgan fingerprint density at radius 2 is 1.64 bits per heavy atom. The van der Waals surface area contributed by atoms with Gasteiger partial charge in [-0.1, -0.05) is 35.9 Å². The molecule has 1 N–H and O–H groups in total. The number of carbonyl (C=O) groups is 1. The summed E-state index contributed by atoms with van der Waals surface area (Å²) in [4.78, 5) is 12.6. The van der Waals surface area contributed by atoms with E-state index in [9.17, 15) is 26.4 Å². The number of amides is 1. The van der Waals surface area contributed by atoms with Crippen molar-refractivity contribution in [2.24, 2.45) is 0 Å². The molecule has 0 unspecified atom stereocenters. The van der Waals surface area contributed by atoms with Crippen LogP contribution in [-0.2, 0) is 21.0 Å². The molecule has 0 saturated carbocycles. The first kappa shape index (κ1) is 24.6. The summed E-state index contributed by atoms with van der Waals surface area (Å²) in [6.07, 6.45) is -4.81. The highest BCUT2D eigenvalue weighted by Gasteiger charge is 2.35. The van der Waals surface area contributed by atoms with E-state index < -0.39 is 39.2 Å². The van der Waals surface area contributed by atoms with Gasteiger partial charge in [-0.3, -0.25) is 9.10 Å². The molecule has 0 aliphatic rings. The van der Waals surface area contributed by atoms with Crippen molar-refractivity contribution in [2.75, 3.05) is 16.2 Å². The minimum atomic E-state index is -4.81. The number of sulfonamides is 1. The molecule has 0 bridgehead atoms. The van der Waals surface area contributed by atoms with Crippen molar-refractivity contribution >= 4 is 38.9 Å². The van der Waals surface area contributed by atoms with Crippen molar-refractivity contribution in [1.29, 1.82) is 0 Å². The highest BCUT2D eigenvalue weighted by molar-refractivity contribution is 7.92. The maximum atomic E-state index is 13.4. The van der Waals surface area contributed by atoms with Gasteiger partial charge in [0.25, 0.3) is 10.0 Å². The van der Waals surface area contributed by atoms with Gasteiger partial charge in [0.15, 0.2) is 0 Å². The monoisotopic (exact) mass is 496 g/mol. The largest absolute Gasteiger partial charge is 0.417 e. The normalized spacial score (nSPS) is 11.8. The van der Waals surface area contributed by atoms with Gasteiger partial charge in [0.1, 0.15) is 6.54 Å². The molecule has 10 heteroatoms. The number of hydrogen-bond donors (Lipinski definition) is 1. The maximum absolute atomic E-state index is 13.4. The van der Waals surface area contributed by atoms with Gasteiger partial charge in [-0.25, -0.2) is 8.42 Å². The van der Waals surface area contributed by atoms with E-state index >= 15 is 0 Å². The van der Waals surface area contributed by atoms with Crippen LogP contribution in [0.2, 0.25) is 5.02 Å². The molecule has 0 fully saturated rings. The van der Waals surface area contributed by atoms with Crippen LogP contribution in [0.3, 0.4) is 0 Å². The van der Waals surface area contributed by atoms with Gasteiger partial charge in [-0.15, -0.1) is 0 Å². The Hall–Kier alpha value is -3.04. The molecule has 0 aliphatic carbocycles. The molecule has 3 rings (SSSR count). The number of alkyl halides is 3. The van der Waals surface area contributed by atoms with Gasteiger partial charge in [0.05, 0.1) is 21.2 Å². The van der Waals surface area contributed by atoms with Crippen molar-refractivity contribution < 1.29 is 26.4 Å². The zero-order valence-electron chi connectivity index (χ0n) is 17.7. The maximum Gasteiger partial charge on any atom is 0.417 e. The summed E-state index contributed by atoms with van der Waals surface area (Å²) in [5.41, 5.74) is 0.804. The van der Waals surface area contributed by atoms with Gasteiger partial charge in [-0.2, -0.15) is 13.2 Å². The Morgan fingerprint density at radius 3 is 2.24 bits per heavy atom. The molecule has 0 atom stereocenters. The zero-order valence-corrected chi connectivity index (χ0v) is 19.2. The fourth-order valence-electron chi connectivity index (χ4n) is 3.07. The Morgan fingerprint density at radius 1 is 0.970 bits per heavy atom. The number of hydrogen-bond acceptors (Lipinski definition) is 3. The van der Waals surface area contributed by atoms with Crippen LogP contribution in [0.4, 0.5) is 24.5 Å². The van der Waals surface area contributed by atoms with Crippen LogP contribution < -0.4 is 9.62 Å². The lowest BCUT2D eigenvalue weighted by Crippen LogP contribution is -2.38. The second-order valence-electron chi connectivity index (χ2n) is 7.33. The van der Waals surface area contributed by atoms with Crippen molar-refractivity contribution in [3.8, 4) is 0 Å². The third-order valence-corrected chi connectivity index (χ3v) is 7.07. The molecule has 0 spiro atoms. The molecule has 3 aromatic carbocycles. The summed E-state index contributed by atoms with van der Waals surface area (Å²) in [5.74, 6) is -0.721. The number of carbonyl (C=O) groups excluding carboxylic acids is 1. The fraction of sp³-hybridized carbons (Fsp3) is 0.174. The number of rotatable bonds is 6. The number of anilines is 2. The molecule has 0 aromatic heterocycles. The number of nitrogens with one attached hydrogen (secondary N) is 1. The molecule has 0 saturated heterocycles. The van der Waals surface area contributed by atoms with E-state index in [1.165, 1.54) is 24.3 Å². The van der Waals surface area contributed by atoms with Gasteiger partial charge in [0, 0.05) is 5.69 Å². The first-order chi connectivity index (χ1) is 15.4. The molecule has 33 heavy (non-hydrogen) atoms. The summed E-state index contributed by atoms with van der Waals surface area (Å²) in [6.45, 7) is 3.00. The van der Waals surface area contributed by atoms with Crippen LogP contribution in [-0.4, -0.2) is 20.9 Å². The average molecular weight is 497 g/mol. The van der Waals surface area contributed by atoms with Gasteiger partial charge in [-0.05, 0) is 67.4 Å². The SMILES string of the molecule is Cc1ccc(NC(=O)CN(c2ccc(Cl)c(C(F)(F)F)c2)S(=O)(=O)c2ccccc2)cc1C. The van der Waals surface area contributed by atoms with Crippen molar-refractivity contribution in [3.05, 3.63) is 88.4 Å². The Kier molecular flexibility index (Phi) is 7.04. The lowest BCUT2D eigenvalue weighted by molar-refractivity contribution is -0.137. The smallest absolute Gasteiger partial charge is 0.325 e. The van der Waals surface area contributed by atoms with Crippen LogP contribution in [0.15, 0.2) is 71.6 Å².